The fraction of sp³-hybridized carbons (Fsp3) is 0.929. The van der Waals surface area contributed by atoms with Gasteiger partial charge in [0.15, 0.2) is 0 Å². The lowest BCUT2D eigenvalue weighted by Crippen LogP contribution is -2.52. The number of rotatable bonds is 6. The SMILES string of the molecule is CNC(C)(C)CC(C)(C)NC(=O)C(C)C(C)C. The highest BCUT2D eigenvalue weighted by atomic mass is 16.2. The van der Waals surface area contributed by atoms with Gasteiger partial charge in [-0.3, -0.25) is 4.79 Å². The molecule has 3 nitrogen and oxygen atoms in total. The summed E-state index contributed by atoms with van der Waals surface area (Å²) in [5.74, 6) is 0.590. The molecule has 0 aromatic rings. The molecule has 0 radical (unpaired) electrons. The first-order valence-corrected chi connectivity index (χ1v) is 6.52. The molecule has 0 rings (SSSR count). The summed E-state index contributed by atoms with van der Waals surface area (Å²) in [6.07, 6.45) is 0.896. The van der Waals surface area contributed by atoms with Crippen LogP contribution >= 0.6 is 0 Å². The standard InChI is InChI=1S/C14H30N2O/c1-10(2)11(3)12(17)16-14(6,7)9-13(4,5)15-8/h10-11,15H,9H2,1-8H3,(H,16,17). The zero-order valence-corrected chi connectivity index (χ0v) is 12.8. The third-order valence-corrected chi connectivity index (χ3v) is 3.44. The molecule has 0 aromatic heterocycles. The van der Waals surface area contributed by atoms with Gasteiger partial charge < -0.3 is 10.6 Å². The summed E-state index contributed by atoms with van der Waals surface area (Å²) in [5, 5.41) is 6.42. The quantitative estimate of drug-likeness (QED) is 0.751. The molecule has 102 valence electrons. The van der Waals surface area contributed by atoms with Gasteiger partial charge in [0.25, 0.3) is 0 Å². The predicted octanol–water partition coefficient (Wildman–Crippen LogP) is 2.56. The van der Waals surface area contributed by atoms with E-state index >= 15 is 0 Å². The number of carbonyl (C=O) groups is 1. The van der Waals surface area contributed by atoms with Crippen molar-refractivity contribution in [2.75, 3.05) is 7.05 Å². The zero-order valence-electron chi connectivity index (χ0n) is 12.8. The second kappa shape index (κ2) is 5.85. The van der Waals surface area contributed by atoms with Crippen molar-refractivity contribution < 1.29 is 4.79 Å². The molecule has 1 unspecified atom stereocenters. The van der Waals surface area contributed by atoms with Gasteiger partial charge >= 0.3 is 0 Å². The smallest absolute Gasteiger partial charge is 0.223 e. The van der Waals surface area contributed by atoms with E-state index in [4.69, 9.17) is 0 Å². The predicted molar refractivity (Wildman–Crippen MR) is 74.0 cm³/mol. The summed E-state index contributed by atoms with van der Waals surface area (Å²) < 4.78 is 0. The topological polar surface area (TPSA) is 41.1 Å². The number of carbonyl (C=O) groups excluding carboxylic acids is 1. The summed E-state index contributed by atoms with van der Waals surface area (Å²) in [6.45, 7) is 14.6. The maximum Gasteiger partial charge on any atom is 0.223 e. The molecule has 0 spiro atoms. The van der Waals surface area contributed by atoms with Crippen molar-refractivity contribution in [3.8, 4) is 0 Å². The van der Waals surface area contributed by atoms with Crippen LogP contribution in [0.15, 0.2) is 0 Å². The zero-order chi connectivity index (χ0) is 13.9. The highest BCUT2D eigenvalue weighted by Crippen LogP contribution is 2.21. The molecule has 0 saturated heterocycles. The lowest BCUT2D eigenvalue weighted by molar-refractivity contribution is -0.127. The van der Waals surface area contributed by atoms with E-state index in [0.717, 1.165) is 6.42 Å². The number of nitrogens with one attached hydrogen (secondary N) is 2. The highest BCUT2D eigenvalue weighted by Gasteiger charge is 2.30. The molecule has 0 heterocycles. The van der Waals surface area contributed by atoms with Gasteiger partial charge in [0, 0.05) is 17.0 Å². The third kappa shape index (κ3) is 6.06. The largest absolute Gasteiger partial charge is 0.351 e. The summed E-state index contributed by atoms with van der Waals surface area (Å²) in [7, 11) is 1.95. The lowest BCUT2D eigenvalue weighted by Gasteiger charge is -2.36. The van der Waals surface area contributed by atoms with E-state index in [0.29, 0.717) is 5.92 Å². The van der Waals surface area contributed by atoms with Crippen LogP contribution in [-0.2, 0) is 4.79 Å². The van der Waals surface area contributed by atoms with E-state index in [1.807, 2.05) is 14.0 Å². The van der Waals surface area contributed by atoms with Gasteiger partial charge in [0.1, 0.15) is 0 Å². The van der Waals surface area contributed by atoms with Crippen LogP contribution in [0.1, 0.15) is 54.9 Å². The Hall–Kier alpha value is -0.570. The maximum absolute atomic E-state index is 12.0. The number of amides is 1. The Morgan fingerprint density at radius 3 is 1.88 bits per heavy atom. The molecule has 0 saturated carbocycles. The Kier molecular flexibility index (Phi) is 5.66. The summed E-state index contributed by atoms with van der Waals surface area (Å²) in [4.78, 5) is 12.0. The molecule has 1 amide bonds. The molecule has 3 heteroatoms. The van der Waals surface area contributed by atoms with Crippen molar-refractivity contribution in [3.05, 3.63) is 0 Å². The van der Waals surface area contributed by atoms with Crippen LogP contribution in [0.3, 0.4) is 0 Å². The fourth-order valence-electron chi connectivity index (χ4n) is 1.99. The molecule has 2 N–H and O–H groups in total. The summed E-state index contributed by atoms with van der Waals surface area (Å²) in [5.41, 5.74) is -0.162. The van der Waals surface area contributed by atoms with Gasteiger partial charge in [-0.25, -0.2) is 0 Å². The first kappa shape index (κ1) is 16.4. The maximum atomic E-state index is 12.0. The van der Waals surface area contributed by atoms with E-state index in [1.165, 1.54) is 0 Å². The molecule has 0 aliphatic heterocycles. The van der Waals surface area contributed by atoms with Crippen molar-refractivity contribution in [2.45, 2.75) is 66.0 Å². The molecular formula is C14H30N2O. The first-order valence-electron chi connectivity index (χ1n) is 6.52. The van der Waals surface area contributed by atoms with E-state index in [-0.39, 0.29) is 22.9 Å². The second-order valence-electron chi connectivity index (χ2n) is 6.72. The Labute approximate surface area is 107 Å². The van der Waals surface area contributed by atoms with Crippen LogP contribution in [0.4, 0.5) is 0 Å². The molecule has 0 aliphatic rings. The van der Waals surface area contributed by atoms with Crippen LogP contribution < -0.4 is 10.6 Å². The van der Waals surface area contributed by atoms with Gasteiger partial charge in [-0.05, 0) is 47.1 Å². The van der Waals surface area contributed by atoms with Crippen LogP contribution in [0.2, 0.25) is 0 Å². The third-order valence-electron chi connectivity index (χ3n) is 3.44. The van der Waals surface area contributed by atoms with Gasteiger partial charge in [-0.15, -0.1) is 0 Å². The average molecular weight is 242 g/mol. The molecular weight excluding hydrogens is 212 g/mol. The summed E-state index contributed by atoms with van der Waals surface area (Å²) in [6, 6.07) is 0. The van der Waals surface area contributed by atoms with Gasteiger partial charge in [0.05, 0.1) is 0 Å². The highest BCUT2D eigenvalue weighted by molar-refractivity contribution is 5.79. The van der Waals surface area contributed by atoms with Crippen LogP contribution in [0.25, 0.3) is 0 Å². The van der Waals surface area contributed by atoms with E-state index in [9.17, 15) is 4.79 Å². The molecule has 0 bridgehead atoms. The minimum absolute atomic E-state index is 0.0256. The van der Waals surface area contributed by atoms with Crippen molar-refractivity contribution in [1.82, 2.24) is 10.6 Å². The van der Waals surface area contributed by atoms with Gasteiger partial charge in [-0.2, -0.15) is 0 Å². The monoisotopic (exact) mass is 242 g/mol. The van der Waals surface area contributed by atoms with Crippen LogP contribution in [-0.4, -0.2) is 24.0 Å². The number of hydrogen-bond donors (Lipinski definition) is 2. The molecule has 17 heavy (non-hydrogen) atoms. The fourth-order valence-corrected chi connectivity index (χ4v) is 1.99. The minimum Gasteiger partial charge on any atom is -0.351 e. The van der Waals surface area contributed by atoms with Gasteiger partial charge in [-0.1, -0.05) is 20.8 Å². The van der Waals surface area contributed by atoms with E-state index < -0.39 is 0 Å². The van der Waals surface area contributed by atoms with Crippen LogP contribution in [0, 0.1) is 11.8 Å². The Morgan fingerprint density at radius 2 is 1.53 bits per heavy atom. The van der Waals surface area contributed by atoms with E-state index in [2.05, 4.69) is 52.2 Å². The molecule has 0 fully saturated rings. The van der Waals surface area contributed by atoms with Crippen molar-refractivity contribution >= 4 is 5.91 Å². The molecule has 1 atom stereocenters. The summed E-state index contributed by atoms with van der Waals surface area (Å²) >= 11 is 0. The van der Waals surface area contributed by atoms with Crippen molar-refractivity contribution in [1.29, 1.82) is 0 Å². The average Bonchev–Trinajstić information content (AvgIpc) is 2.13. The van der Waals surface area contributed by atoms with Crippen LogP contribution in [0.5, 0.6) is 0 Å². The second-order valence-corrected chi connectivity index (χ2v) is 6.72. The van der Waals surface area contributed by atoms with Crippen molar-refractivity contribution in [3.63, 3.8) is 0 Å². The normalized spacial score (nSPS) is 14.9. The Morgan fingerprint density at radius 1 is 1.06 bits per heavy atom. The van der Waals surface area contributed by atoms with Gasteiger partial charge in [0.2, 0.25) is 5.91 Å². The number of hydrogen-bond acceptors (Lipinski definition) is 2. The first-order chi connectivity index (χ1) is 7.51. The Balaban J connectivity index is 4.50. The molecule has 0 aromatic carbocycles. The Bertz CT molecular complexity index is 257. The minimum atomic E-state index is -0.188. The molecule has 0 aliphatic carbocycles. The van der Waals surface area contributed by atoms with Crippen molar-refractivity contribution in [2.24, 2.45) is 11.8 Å². The lowest BCUT2D eigenvalue weighted by atomic mass is 9.86. The van der Waals surface area contributed by atoms with E-state index in [1.54, 1.807) is 0 Å².